The molecule has 0 saturated carbocycles. The highest BCUT2D eigenvalue weighted by Gasteiger charge is 2.12. The monoisotopic (exact) mass is 292 g/mol. The minimum atomic E-state index is 0.398. The highest BCUT2D eigenvalue weighted by Crippen LogP contribution is 2.26. The number of hydrazine groups is 1. The van der Waals surface area contributed by atoms with Gasteiger partial charge in [0.15, 0.2) is 0 Å². The van der Waals surface area contributed by atoms with Crippen molar-refractivity contribution >= 4 is 17.3 Å². The molecular formula is C16H16N6. The largest absolute Gasteiger partial charge is 0.399 e. The van der Waals surface area contributed by atoms with Crippen LogP contribution in [0.5, 0.6) is 0 Å². The van der Waals surface area contributed by atoms with Crippen LogP contribution >= 0.6 is 0 Å². The van der Waals surface area contributed by atoms with E-state index in [0.29, 0.717) is 11.6 Å². The highest BCUT2D eigenvalue weighted by atomic mass is 15.5. The van der Waals surface area contributed by atoms with Crippen LogP contribution < -0.4 is 16.6 Å². The molecule has 0 bridgehead atoms. The number of anilines is 3. The zero-order valence-electron chi connectivity index (χ0n) is 12.1. The fraction of sp³-hybridized carbons (Fsp3) is 0.0625. The topological polar surface area (TPSA) is 94.0 Å². The standard InChI is InChI=1S/C16H16N6/c1-11-4-5-13(17)9-15(11)22(18)16-20-8-6-14(21-16)12-3-2-7-19-10-12/h2-10H,17-18H2,1H3. The molecule has 22 heavy (non-hydrogen) atoms. The third-order valence-electron chi connectivity index (χ3n) is 3.31. The summed E-state index contributed by atoms with van der Waals surface area (Å²) in [5.41, 5.74) is 9.90. The van der Waals surface area contributed by atoms with Crippen molar-refractivity contribution in [2.45, 2.75) is 6.92 Å². The van der Waals surface area contributed by atoms with E-state index in [1.54, 1.807) is 24.7 Å². The zero-order valence-corrected chi connectivity index (χ0v) is 12.1. The third-order valence-corrected chi connectivity index (χ3v) is 3.31. The number of aryl methyl sites for hydroxylation is 1. The van der Waals surface area contributed by atoms with Crippen LogP contribution in [0.25, 0.3) is 11.3 Å². The first kappa shape index (κ1) is 14.0. The molecule has 0 atom stereocenters. The Kier molecular flexibility index (Phi) is 3.67. The predicted octanol–water partition coefficient (Wildman–Crippen LogP) is 2.44. The number of pyridine rings is 1. The van der Waals surface area contributed by atoms with E-state index in [4.69, 9.17) is 11.6 Å². The van der Waals surface area contributed by atoms with Gasteiger partial charge >= 0.3 is 0 Å². The van der Waals surface area contributed by atoms with Crippen LogP contribution in [-0.2, 0) is 0 Å². The minimum Gasteiger partial charge on any atom is -0.399 e. The van der Waals surface area contributed by atoms with E-state index in [0.717, 1.165) is 22.5 Å². The second-order valence-corrected chi connectivity index (χ2v) is 4.90. The van der Waals surface area contributed by atoms with Gasteiger partial charge in [0.2, 0.25) is 5.95 Å². The number of benzene rings is 1. The molecule has 2 heterocycles. The predicted molar refractivity (Wildman–Crippen MR) is 87.2 cm³/mol. The number of nitrogens with zero attached hydrogens (tertiary/aromatic N) is 4. The number of nitrogen functional groups attached to an aromatic ring is 1. The van der Waals surface area contributed by atoms with Crippen molar-refractivity contribution in [3.8, 4) is 11.3 Å². The summed E-state index contributed by atoms with van der Waals surface area (Å²) in [6.07, 6.45) is 5.14. The maximum Gasteiger partial charge on any atom is 0.245 e. The van der Waals surface area contributed by atoms with Crippen molar-refractivity contribution in [3.05, 3.63) is 60.6 Å². The molecule has 0 radical (unpaired) electrons. The number of nitrogens with two attached hydrogens (primary N) is 2. The summed E-state index contributed by atoms with van der Waals surface area (Å²) in [6, 6.07) is 11.2. The SMILES string of the molecule is Cc1ccc(N)cc1N(N)c1nccc(-c2cccnc2)n1. The molecule has 3 rings (SSSR count). The molecule has 0 aliphatic rings. The first-order valence-corrected chi connectivity index (χ1v) is 6.79. The Bertz CT molecular complexity index is 788. The summed E-state index contributed by atoms with van der Waals surface area (Å²) in [7, 11) is 0. The lowest BCUT2D eigenvalue weighted by atomic mass is 10.2. The maximum absolute atomic E-state index is 6.17. The normalized spacial score (nSPS) is 10.5. The van der Waals surface area contributed by atoms with Crippen molar-refractivity contribution in [3.63, 3.8) is 0 Å². The van der Waals surface area contributed by atoms with Gasteiger partial charge in [-0.2, -0.15) is 0 Å². The molecule has 0 aliphatic heterocycles. The van der Waals surface area contributed by atoms with Crippen LogP contribution in [0, 0.1) is 6.92 Å². The van der Waals surface area contributed by atoms with E-state index < -0.39 is 0 Å². The lowest BCUT2D eigenvalue weighted by Gasteiger charge is -2.19. The van der Waals surface area contributed by atoms with Gasteiger partial charge < -0.3 is 5.73 Å². The first-order chi connectivity index (χ1) is 10.6. The summed E-state index contributed by atoms with van der Waals surface area (Å²) >= 11 is 0. The van der Waals surface area contributed by atoms with Crippen LogP contribution in [0.1, 0.15) is 5.56 Å². The van der Waals surface area contributed by atoms with E-state index in [-0.39, 0.29) is 0 Å². The molecule has 3 aromatic rings. The van der Waals surface area contributed by atoms with E-state index in [1.165, 1.54) is 5.01 Å². The second kappa shape index (κ2) is 5.79. The summed E-state index contributed by atoms with van der Waals surface area (Å²) in [5.74, 6) is 6.57. The van der Waals surface area contributed by atoms with Crippen LogP contribution in [0.2, 0.25) is 0 Å². The quantitative estimate of drug-likeness (QED) is 0.437. The van der Waals surface area contributed by atoms with Gasteiger partial charge in [-0.15, -0.1) is 0 Å². The van der Waals surface area contributed by atoms with Crippen molar-refractivity contribution in [2.75, 3.05) is 10.7 Å². The summed E-state index contributed by atoms with van der Waals surface area (Å²) in [4.78, 5) is 12.8. The zero-order chi connectivity index (χ0) is 15.5. The van der Waals surface area contributed by atoms with Crippen LogP contribution in [0.3, 0.4) is 0 Å². The summed E-state index contributed by atoms with van der Waals surface area (Å²) in [6.45, 7) is 1.96. The molecule has 0 unspecified atom stereocenters. The molecule has 110 valence electrons. The van der Waals surface area contributed by atoms with Gasteiger partial charge in [-0.1, -0.05) is 6.07 Å². The lowest BCUT2D eigenvalue weighted by molar-refractivity contribution is 0.974. The molecule has 0 amide bonds. The van der Waals surface area contributed by atoms with Crippen molar-refractivity contribution in [1.29, 1.82) is 0 Å². The Morgan fingerprint density at radius 1 is 1.09 bits per heavy atom. The van der Waals surface area contributed by atoms with E-state index in [2.05, 4.69) is 15.0 Å². The number of hydrogen-bond donors (Lipinski definition) is 2. The fourth-order valence-electron chi connectivity index (χ4n) is 2.13. The fourth-order valence-corrected chi connectivity index (χ4v) is 2.13. The van der Waals surface area contributed by atoms with Gasteiger partial charge in [-0.05, 0) is 42.8 Å². The number of aromatic nitrogens is 3. The Morgan fingerprint density at radius 3 is 2.73 bits per heavy atom. The smallest absolute Gasteiger partial charge is 0.245 e. The van der Waals surface area contributed by atoms with Gasteiger partial charge in [-0.3, -0.25) is 4.98 Å². The van der Waals surface area contributed by atoms with Crippen LogP contribution in [-0.4, -0.2) is 15.0 Å². The van der Waals surface area contributed by atoms with E-state index in [1.807, 2.05) is 37.3 Å². The summed E-state index contributed by atoms with van der Waals surface area (Å²) < 4.78 is 0. The highest BCUT2D eigenvalue weighted by molar-refractivity contribution is 5.67. The average molecular weight is 292 g/mol. The summed E-state index contributed by atoms with van der Waals surface area (Å²) in [5, 5.41) is 1.44. The van der Waals surface area contributed by atoms with Crippen LogP contribution in [0.15, 0.2) is 55.0 Å². The minimum absolute atomic E-state index is 0.398. The van der Waals surface area contributed by atoms with Crippen LogP contribution in [0.4, 0.5) is 17.3 Å². The van der Waals surface area contributed by atoms with Gasteiger partial charge in [0.1, 0.15) is 0 Å². The molecular weight excluding hydrogens is 276 g/mol. The molecule has 0 saturated heterocycles. The average Bonchev–Trinajstić information content (AvgIpc) is 2.57. The Hall–Kier alpha value is -2.99. The molecule has 0 aliphatic carbocycles. The number of hydrogen-bond acceptors (Lipinski definition) is 6. The maximum atomic E-state index is 6.17. The third kappa shape index (κ3) is 2.72. The van der Waals surface area contributed by atoms with Crippen molar-refractivity contribution in [2.24, 2.45) is 5.84 Å². The second-order valence-electron chi connectivity index (χ2n) is 4.90. The van der Waals surface area contributed by atoms with Gasteiger partial charge in [0.25, 0.3) is 0 Å². The Balaban J connectivity index is 2.00. The Morgan fingerprint density at radius 2 is 1.95 bits per heavy atom. The molecule has 0 spiro atoms. The number of rotatable bonds is 3. The van der Waals surface area contributed by atoms with Crippen molar-refractivity contribution in [1.82, 2.24) is 15.0 Å². The lowest BCUT2D eigenvalue weighted by Crippen LogP contribution is -2.28. The van der Waals surface area contributed by atoms with Gasteiger partial charge in [0, 0.05) is 29.8 Å². The van der Waals surface area contributed by atoms with E-state index >= 15 is 0 Å². The van der Waals surface area contributed by atoms with E-state index in [9.17, 15) is 0 Å². The van der Waals surface area contributed by atoms with Crippen molar-refractivity contribution < 1.29 is 0 Å². The molecule has 0 fully saturated rings. The van der Waals surface area contributed by atoms with Gasteiger partial charge in [0.05, 0.1) is 11.4 Å². The van der Waals surface area contributed by atoms with Gasteiger partial charge in [-0.25, -0.2) is 20.8 Å². The molecule has 1 aromatic carbocycles. The Labute approximate surface area is 128 Å². The molecule has 6 nitrogen and oxygen atoms in total. The first-order valence-electron chi connectivity index (χ1n) is 6.79. The molecule has 2 aromatic heterocycles. The molecule has 6 heteroatoms. The molecule has 4 N–H and O–H groups in total.